The van der Waals surface area contributed by atoms with Crippen molar-refractivity contribution < 1.29 is 28.5 Å². The van der Waals surface area contributed by atoms with Crippen LogP contribution < -0.4 is 18.9 Å². The smallest absolute Gasteiger partial charge is 0.343 e. The van der Waals surface area contributed by atoms with Gasteiger partial charge in [0.1, 0.15) is 11.5 Å². The van der Waals surface area contributed by atoms with Crippen molar-refractivity contribution in [1.29, 1.82) is 0 Å². The SMILES string of the molecule is COc1ccc(/C=C2\Oc3cc(OC(=O)c4ccccc4)cc(C)c3C2=O)cc1OC. The van der Waals surface area contributed by atoms with Gasteiger partial charge in [0.25, 0.3) is 0 Å². The standard InChI is InChI=1S/C25H20O6/c1-15-11-18(30-25(27)17-7-5-4-6-8-17)14-21-23(15)24(26)22(31-21)13-16-9-10-19(28-2)20(12-16)29-3/h4-14H,1-3H3/b22-13-. The number of hydrogen-bond acceptors (Lipinski definition) is 6. The first-order chi connectivity index (χ1) is 15.0. The average molecular weight is 416 g/mol. The van der Waals surface area contributed by atoms with Crippen LogP contribution in [0.2, 0.25) is 0 Å². The highest BCUT2D eigenvalue weighted by molar-refractivity contribution is 6.15. The van der Waals surface area contributed by atoms with Crippen molar-refractivity contribution in [2.24, 2.45) is 0 Å². The molecule has 0 aromatic heterocycles. The number of rotatable bonds is 5. The first-order valence-electron chi connectivity index (χ1n) is 9.58. The summed E-state index contributed by atoms with van der Waals surface area (Å²) in [6.07, 6.45) is 1.64. The summed E-state index contributed by atoms with van der Waals surface area (Å²) in [6.45, 7) is 1.78. The fourth-order valence-corrected chi connectivity index (χ4v) is 3.37. The summed E-state index contributed by atoms with van der Waals surface area (Å²) in [5.74, 6) is 1.27. The number of aryl methyl sites for hydroxylation is 1. The summed E-state index contributed by atoms with van der Waals surface area (Å²) in [4.78, 5) is 25.2. The lowest BCUT2D eigenvalue weighted by molar-refractivity contribution is 0.0734. The summed E-state index contributed by atoms with van der Waals surface area (Å²) in [5.41, 5.74) is 2.27. The van der Waals surface area contributed by atoms with Gasteiger partial charge in [-0.1, -0.05) is 24.3 Å². The third kappa shape index (κ3) is 4.00. The van der Waals surface area contributed by atoms with Gasteiger partial charge in [0, 0.05) is 6.07 Å². The van der Waals surface area contributed by atoms with Gasteiger partial charge in [0.2, 0.25) is 5.78 Å². The van der Waals surface area contributed by atoms with Crippen LogP contribution in [0.4, 0.5) is 0 Å². The normalized spacial score (nSPS) is 13.5. The highest BCUT2D eigenvalue weighted by Crippen LogP contribution is 2.38. The molecule has 1 aliphatic rings. The molecule has 0 saturated carbocycles. The number of esters is 1. The molecule has 31 heavy (non-hydrogen) atoms. The third-order valence-corrected chi connectivity index (χ3v) is 4.87. The van der Waals surface area contributed by atoms with E-state index in [-0.39, 0.29) is 11.5 Å². The molecule has 1 aliphatic heterocycles. The van der Waals surface area contributed by atoms with Gasteiger partial charge in [0.05, 0.1) is 25.3 Å². The molecule has 6 heteroatoms. The van der Waals surface area contributed by atoms with Crippen molar-refractivity contribution in [3.05, 3.63) is 88.7 Å². The Morgan fingerprint density at radius 1 is 0.935 bits per heavy atom. The van der Waals surface area contributed by atoms with Crippen molar-refractivity contribution in [2.75, 3.05) is 14.2 Å². The maximum Gasteiger partial charge on any atom is 0.343 e. The molecule has 0 saturated heterocycles. The molecule has 0 aliphatic carbocycles. The van der Waals surface area contributed by atoms with Crippen LogP contribution in [0, 0.1) is 6.92 Å². The van der Waals surface area contributed by atoms with Crippen molar-refractivity contribution in [1.82, 2.24) is 0 Å². The van der Waals surface area contributed by atoms with Gasteiger partial charge in [-0.15, -0.1) is 0 Å². The van der Waals surface area contributed by atoms with Gasteiger partial charge >= 0.3 is 5.97 Å². The molecule has 4 rings (SSSR count). The maximum atomic E-state index is 12.9. The second-order valence-corrected chi connectivity index (χ2v) is 6.92. The number of methoxy groups -OCH3 is 2. The first kappa shape index (κ1) is 20.2. The monoisotopic (exact) mass is 416 g/mol. The molecule has 0 fully saturated rings. The third-order valence-electron chi connectivity index (χ3n) is 4.87. The zero-order valence-electron chi connectivity index (χ0n) is 17.3. The molecule has 0 spiro atoms. The van der Waals surface area contributed by atoms with Crippen LogP contribution >= 0.6 is 0 Å². The number of Topliss-reactive ketones (excluding diaryl/α,β-unsaturated/α-hetero) is 1. The van der Waals surface area contributed by atoms with E-state index in [1.807, 2.05) is 6.07 Å². The Kier molecular flexibility index (Phi) is 5.45. The van der Waals surface area contributed by atoms with Gasteiger partial charge in [-0.3, -0.25) is 4.79 Å². The first-order valence-corrected chi connectivity index (χ1v) is 9.58. The highest BCUT2D eigenvalue weighted by atomic mass is 16.5. The Morgan fingerprint density at radius 2 is 1.68 bits per heavy atom. The molecular weight excluding hydrogens is 396 g/mol. The van der Waals surface area contributed by atoms with Crippen LogP contribution in [0.3, 0.4) is 0 Å². The minimum atomic E-state index is -0.481. The van der Waals surface area contributed by atoms with Crippen LogP contribution in [-0.2, 0) is 0 Å². The van der Waals surface area contributed by atoms with E-state index in [0.29, 0.717) is 39.7 Å². The van der Waals surface area contributed by atoms with E-state index >= 15 is 0 Å². The molecule has 0 unspecified atom stereocenters. The van der Waals surface area contributed by atoms with E-state index < -0.39 is 5.97 Å². The minimum absolute atomic E-state index is 0.178. The number of ether oxygens (including phenoxy) is 4. The van der Waals surface area contributed by atoms with Crippen LogP contribution in [0.15, 0.2) is 66.4 Å². The molecule has 1 heterocycles. The summed E-state index contributed by atoms with van der Waals surface area (Å²) in [7, 11) is 3.10. The van der Waals surface area contributed by atoms with Crippen LogP contribution in [-0.4, -0.2) is 26.0 Å². The van der Waals surface area contributed by atoms with Crippen molar-refractivity contribution in [3.8, 4) is 23.0 Å². The average Bonchev–Trinajstić information content (AvgIpc) is 3.09. The number of allylic oxidation sites excluding steroid dienone is 1. The molecule has 3 aromatic rings. The second kappa shape index (κ2) is 8.36. The topological polar surface area (TPSA) is 71.1 Å². The molecule has 0 bridgehead atoms. The quantitative estimate of drug-likeness (QED) is 0.336. The lowest BCUT2D eigenvalue weighted by Gasteiger charge is -2.08. The number of carbonyl (C=O) groups is 2. The molecule has 6 nitrogen and oxygen atoms in total. The number of carbonyl (C=O) groups excluding carboxylic acids is 2. The van der Waals surface area contributed by atoms with Gasteiger partial charge < -0.3 is 18.9 Å². The Morgan fingerprint density at radius 3 is 2.39 bits per heavy atom. The predicted molar refractivity (Wildman–Crippen MR) is 115 cm³/mol. The molecule has 0 atom stereocenters. The molecule has 0 N–H and O–H groups in total. The number of ketones is 1. The zero-order chi connectivity index (χ0) is 22.0. The summed E-state index contributed by atoms with van der Waals surface area (Å²) < 4.78 is 21.8. The summed E-state index contributed by atoms with van der Waals surface area (Å²) in [5, 5.41) is 0. The van der Waals surface area contributed by atoms with Gasteiger partial charge in [-0.25, -0.2) is 4.79 Å². The second-order valence-electron chi connectivity index (χ2n) is 6.92. The Balaban J connectivity index is 1.61. The van der Waals surface area contributed by atoms with E-state index in [1.165, 1.54) is 0 Å². The van der Waals surface area contributed by atoms with E-state index in [9.17, 15) is 9.59 Å². The van der Waals surface area contributed by atoms with E-state index in [1.54, 1.807) is 81.8 Å². The number of fused-ring (bicyclic) bond motifs is 1. The lowest BCUT2D eigenvalue weighted by atomic mass is 10.0. The largest absolute Gasteiger partial charge is 0.493 e. The number of hydrogen-bond donors (Lipinski definition) is 0. The summed E-state index contributed by atoms with van der Waals surface area (Å²) in [6, 6.07) is 17.2. The van der Waals surface area contributed by atoms with Gasteiger partial charge in [0.15, 0.2) is 17.3 Å². The van der Waals surface area contributed by atoms with Gasteiger partial charge in [-0.05, 0) is 54.5 Å². The Hall–Kier alpha value is -4.06. The predicted octanol–water partition coefficient (Wildman–Crippen LogP) is 4.85. The number of benzene rings is 3. The Bertz CT molecular complexity index is 1190. The molecule has 3 aromatic carbocycles. The Labute approximate surface area is 179 Å². The lowest BCUT2D eigenvalue weighted by Crippen LogP contribution is -2.08. The molecule has 0 radical (unpaired) electrons. The molecular formula is C25H20O6. The zero-order valence-corrected chi connectivity index (χ0v) is 17.3. The van der Waals surface area contributed by atoms with E-state index in [2.05, 4.69) is 0 Å². The maximum absolute atomic E-state index is 12.9. The molecule has 156 valence electrons. The summed E-state index contributed by atoms with van der Waals surface area (Å²) >= 11 is 0. The van der Waals surface area contributed by atoms with Crippen molar-refractivity contribution in [3.63, 3.8) is 0 Å². The van der Waals surface area contributed by atoms with Crippen LogP contribution in [0.25, 0.3) is 6.08 Å². The van der Waals surface area contributed by atoms with Crippen LogP contribution in [0.5, 0.6) is 23.0 Å². The molecule has 0 amide bonds. The van der Waals surface area contributed by atoms with Gasteiger partial charge in [-0.2, -0.15) is 0 Å². The minimum Gasteiger partial charge on any atom is -0.493 e. The van der Waals surface area contributed by atoms with Crippen molar-refractivity contribution in [2.45, 2.75) is 6.92 Å². The van der Waals surface area contributed by atoms with Crippen LogP contribution in [0.1, 0.15) is 31.8 Å². The fraction of sp³-hybridized carbons (Fsp3) is 0.120. The van der Waals surface area contributed by atoms with Crippen molar-refractivity contribution >= 4 is 17.8 Å². The van der Waals surface area contributed by atoms with E-state index in [0.717, 1.165) is 5.56 Å². The highest BCUT2D eigenvalue weighted by Gasteiger charge is 2.30. The fourth-order valence-electron chi connectivity index (χ4n) is 3.37. The van der Waals surface area contributed by atoms with E-state index in [4.69, 9.17) is 18.9 Å².